The van der Waals surface area contributed by atoms with Crippen molar-refractivity contribution < 1.29 is 19.1 Å². The predicted octanol–water partition coefficient (Wildman–Crippen LogP) is 3.50. The van der Waals surface area contributed by atoms with Gasteiger partial charge in [0.15, 0.2) is 5.78 Å². The van der Waals surface area contributed by atoms with E-state index in [9.17, 15) is 14.4 Å². The summed E-state index contributed by atoms with van der Waals surface area (Å²) in [6.45, 7) is 11.5. The molecule has 1 saturated heterocycles. The predicted molar refractivity (Wildman–Crippen MR) is 126 cm³/mol. The Morgan fingerprint density at radius 2 is 1.88 bits per heavy atom. The third kappa shape index (κ3) is 5.15. The summed E-state index contributed by atoms with van der Waals surface area (Å²) in [6, 6.07) is 3.85. The molecule has 0 saturated carbocycles. The van der Waals surface area contributed by atoms with Gasteiger partial charge in [0.2, 0.25) is 0 Å². The molecule has 1 aromatic rings. The molecule has 1 fully saturated rings. The van der Waals surface area contributed by atoms with Gasteiger partial charge in [0, 0.05) is 54.9 Å². The SMILES string of the molecule is CCN(c1cc(C(C)=O)cc(C(=O)NCC2C(=O)N=C(C)C=C2C)c1C)C1CCOCC1. The summed E-state index contributed by atoms with van der Waals surface area (Å²) < 4.78 is 5.51. The molecule has 1 unspecified atom stereocenters. The van der Waals surface area contributed by atoms with Crippen LogP contribution in [0, 0.1) is 12.8 Å². The number of hydrogen-bond acceptors (Lipinski definition) is 5. The molecule has 0 spiro atoms. The van der Waals surface area contributed by atoms with Crippen molar-refractivity contribution >= 4 is 29.0 Å². The zero-order valence-electron chi connectivity index (χ0n) is 19.7. The van der Waals surface area contributed by atoms with Crippen LogP contribution in [-0.2, 0) is 9.53 Å². The van der Waals surface area contributed by atoms with Gasteiger partial charge in [-0.25, -0.2) is 4.99 Å². The molecule has 172 valence electrons. The number of benzene rings is 1. The van der Waals surface area contributed by atoms with Crippen LogP contribution in [0.15, 0.2) is 28.8 Å². The number of carbonyl (C=O) groups excluding carboxylic acids is 3. The molecule has 0 aromatic heterocycles. The van der Waals surface area contributed by atoms with Gasteiger partial charge in [0.1, 0.15) is 0 Å². The van der Waals surface area contributed by atoms with Gasteiger partial charge in [0.05, 0.1) is 5.92 Å². The Balaban J connectivity index is 1.88. The zero-order chi connectivity index (χ0) is 23.4. The Bertz CT molecular complexity index is 974. The third-order valence-corrected chi connectivity index (χ3v) is 6.35. The van der Waals surface area contributed by atoms with E-state index in [1.165, 1.54) is 6.92 Å². The molecule has 0 bridgehead atoms. The molecule has 2 aliphatic rings. The van der Waals surface area contributed by atoms with E-state index in [1.54, 1.807) is 13.0 Å². The van der Waals surface area contributed by atoms with Gasteiger partial charge < -0.3 is 15.0 Å². The average Bonchev–Trinajstić information content (AvgIpc) is 2.75. The molecule has 7 heteroatoms. The van der Waals surface area contributed by atoms with Crippen LogP contribution in [0.3, 0.4) is 0 Å². The first-order valence-electron chi connectivity index (χ1n) is 11.3. The average molecular weight is 440 g/mol. The summed E-state index contributed by atoms with van der Waals surface area (Å²) >= 11 is 0. The van der Waals surface area contributed by atoms with Gasteiger partial charge in [-0.3, -0.25) is 14.4 Å². The number of allylic oxidation sites excluding steroid dienone is 1. The van der Waals surface area contributed by atoms with Crippen LogP contribution in [0.2, 0.25) is 0 Å². The first-order valence-corrected chi connectivity index (χ1v) is 11.3. The van der Waals surface area contributed by atoms with E-state index in [2.05, 4.69) is 22.1 Å². The fourth-order valence-electron chi connectivity index (χ4n) is 4.51. The fraction of sp³-hybridized carbons (Fsp3) is 0.520. The standard InChI is InChI=1S/C25H33N3O4/c1-6-28(20-7-9-32-10-8-20)23-13-19(18(5)29)12-21(17(23)4)24(30)26-14-22-15(2)11-16(3)27-25(22)31/h11-13,20,22H,6-10,14H2,1-5H3,(H,26,30). The molecule has 1 N–H and O–H groups in total. The lowest BCUT2D eigenvalue weighted by Crippen LogP contribution is -2.40. The Hall–Kier alpha value is -2.80. The molecular weight excluding hydrogens is 406 g/mol. The highest BCUT2D eigenvalue weighted by Gasteiger charge is 2.27. The molecule has 2 heterocycles. The lowest BCUT2D eigenvalue weighted by molar-refractivity contribution is -0.120. The van der Waals surface area contributed by atoms with E-state index in [1.807, 2.05) is 26.0 Å². The maximum atomic E-state index is 13.2. The number of dihydropyridines is 1. The number of hydrogen-bond donors (Lipinski definition) is 1. The molecule has 1 atom stereocenters. The van der Waals surface area contributed by atoms with E-state index >= 15 is 0 Å². The number of Topliss-reactive ketones (excluding diaryl/α,β-unsaturated/α-hetero) is 1. The van der Waals surface area contributed by atoms with Crippen molar-refractivity contribution in [3.05, 3.63) is 40.5 Å². The number of ketones is 1. The third-order valence-electron chi connectivity index (χ3n) is 6.35. The molecule has 2 aliphatic heterocycles. The number of rotatable bonds is 7. The van der Waals surface area contributed by atoms with Crippen molar-refractivity contribution in [2.45, 2.75) is 53.5 Å². The van der Waals surface area contributed by atoms with Crippen molar-refractivity contribution in [1.82, 2.24) is 5.32 Å². The van der Waals surface area contributed by atoms with Crippen molar-refractivity contribution in [2.24, 2.45) is 10.9 Å². The Kier molecular flexibility index (Phi) is 7.61. The van der Waals surface area contributed by atoms with Crippen LogP contribution < -0.4 is 10.2 Å². The summed E-state index contributed by atoms with van der Waals surface area (Å²) in [4.78, 5) is 44.0. The fourth-order valence-corrected chi connectivity index (χ4v) is 4.51. The van der Waals surface area contributed by atoms with Crippen molar-refractivity contribution in [2.75, 3.05) is 31.2 Å². The monoisotopic (exact) mass is 439 g/mol. The number of amides is 2. The lowest BCUT2D eigenvalue weighted by atomic mass is 9.95. The first-order chi connectivity index (χ1) is 15.2. The first kappa shape index (κ1) is 23.9. The summed E-state index contributed by atoms with van der Waals surface area (Å²) in [5.74, 6) is -1.08. The second kappa shape index (κ2) is 10.2. The van der Waals surface area contributed by atoms with Crippen LogP contribution in [-0.4, -0.2) is 55.7 Å². The minimum absolute atomic E-state index is 0.0885. The van der Waals surface area contributed by atoms with Crippen LogP contribution in [0.1, 0.15) is 66.8 Å². The summed E-state index contributed by atoms with van der Waals surface area (Å²) in [7, 11) is 0. The number of ether oxygens (including phenoxy) is 1. The smallest absolute Gasteiger partial charge is 0.254 e. The highest BCUT2D eigenvalue weighted by Crippen LogP contribution is 2.30. The zero-order valence-corrected chi connectivity index (χ0v) is 19.7. The topological polar surface area (TPSA) is 88.1 Å². The number of nitrogens with one attached hydrogen (secondary N) is 1. The van der Waals surface area contributed by atoms with Crippen molar-refractivity contribution in [3.8, 4) is 0 Å². The second-order valence-electron chi connectivity index (χ2n) is 8.60. The number of aliphatic imine (C=N–C) groups is 1. The summed E-state index contributed by atoms with van der Waals surface area (Å²) in [6.07, 6.45) is 3.69. The van der Waals surface area contributed by atoms with E-state index in [4.69, 9.17) is 4.74 Å². The highest BCUT2D eigenvalue weighted by molar-refractivity contribution is 6.06. The largest absolute Gasteiger partial charge is 0.381 e. The van der Waals surface area contributed by atoms with Gasteiger partial charge in [-0.2, -0.15) is 0 Å². The van der Waals surface area contributed by atoms with Gasteiger partial charge in [-0.1, -0.05) is 5.57 Å². The second-order valence-corrected chi connectivity index (χ2v) is 8.60. The van der Waals surface area contributed by atoms with Gasteiger partial charge >= 0.3 is 0 Å². The van der Waals surface area contributed by atoms with E-state index < -0.39 is 5.92 Å². The van der Waals surface area contributed by atoms with Gasteiger partial charge in [0.25, 0.3) is 11.8 Å². The van der Waals surface area contributed by atoms with Crippen LogP contribution in [0.25, 0.3) is 0 Å². The maximum Gasteiger partial charge on any atom is 0.254 e. The number of carbonyl (C=O) groups is 3. The number of anilines is 1. The molecule has 32 heavy (non-hydrogen) atoms. The summed E-state index contributed by atoms with van der Waals surface area (Å²) in [5, 5.41) is 2.90. The van der Waals surface area contributed by atoms with E-state index in [0.717, 1.165) is 36.2 Å². The maximum absolute atomic E-state index is 13.2. The normalized spacial score (nSPS) is 19.3. The summed E-state index contributed by atoms with van der Waals surface area (Å²) in [5.41, 5.74) is 4.26. The highest BCUT2D eigenvalue weighted by atomic mass is 16.5. The number of nitrogens with zero attached hydrogens (tertiary/aromatic N) is 2. The van der Waals surface area contributed by atoms with Crippen LogP contribution in [0.4, 0.5) is 5.69 Å². The van der Waals surface area contributed by atoms with Gasteiger partial charge in [-0.05, 0) is 71.2 Å². The molecule has 0 radical (unpaired) electrons. The molecule has 2 amide bonds. The lowest BCUT2D eigenvalue weighted by Gasteiger charge is -2.36. The van der Waals surface area contributed by atoms with Gasteiger partial charge in [-0.15, -0.1) is 0 Å². The molecule has 1 aromatic carbocycles. The van der Waals surface area contributed by atoms with Crippen molar-refractivity contribution in [3.63, 3.8) is 0 Å². The molecule has 3 rings (SSSR count). The molecule has 0 aliphatic carbocycles. The minimum Gasteiger partial charge on any atom is -0.381 e. The Morgan fingerprint density at radius 1 is 1.19 bits per heavy atom. The Morgan fingerprint density at radius 3 is 2.47 bits per heavy atom. The van der Waals surface area contributed by atoms with E-state index in [0.29, 0.717) is 36.1 Å². The quantitative estimate of drug-likeness (QED) is 0.657. The van der Waals surface area contributed by atoms with Crippen LogP contribution >= 0.6 is 0 Å². The Labute approximate surface area is 189 Å². The molecular formula is C25H33N3O4. The molecule has 7 nitrogen and oxygen atoms in total. The van der Waals surface area contributed by atoms with Crippen molar-refractivity contribution in [1.29, 1.82) is 0 Å². The van der Waals surface area contributed by atoms with Crippen LogP contribution in [0.5, 0.6) is 0 Å². The minimum atomic E-state index is -0.465. The van der Waals surface area contributed by atoms with E-state index in [-0.39, 0.29) is 24.1 Å².